The Kier molecular flexibility index (Phi) is 7.45. The van der Waals surface area contributed by atoms with Gasteiger partial charge in [-0.25, -0.2) is 0 Å². The van der Waals surface area contributed by atoms with Crippen LogP contribution in [0.2, 0.25) is 0 Å². The van der Waals surface area contributed by atoms with Crippen molar-refractivity contribution >= 4 is 17.6 Å². The number of hydrogen-bond acceptors (Lipinski definition) is 6. The molecule has 0 aromatic heterocycles. The highest BCUT2D eigenvalue weighted by Crippen LogP contribution is 2.19. The molecule has 0 saturated carbocycles. The van der Waals surface area contributed by atoms with Crippen molar-refractivity contribution in [2.75, 3.05) is 6.61 Å². The van der Waals surface area contributed by atoms with Crippen molar-refractivity contribution in [2.45, 2.75) is 33.1 Å². The lowest BCUT2D eigenvalue weighted by Crippen LogP contribution is -2.10. The molecule has 7 nitrogen and oxygen atoms in total. The van der Waals surface area contributed by atoms with Crippen LogP contribution in [0.1, 0.15) is 33.1 Å². The van der Waals surface area contributed by atoms with E-state index in [1.54, 1.807) is 6.08 Å². The van der Waals surface area contributed by atoms with Crippen molar-refractivity contribution in [3.05, 3.63) is 46.0 Å². The number of nitro groups is 1. The summed E-state index contributed by atoms with van der Waals surface area (Å²) in [5, 5.41) is 10.6. The summed E-state index contributed by atoms with van der Waals surface area (Å²) in [4.78, 5) is 33.1. The van der Waals surface area contributed by atoms with Crippen LogP contribution in [-0.4, -0.2) is 23.5 Å². The van der Waals surface area contributed by atoms with E-state index in [2.05, 4.69) is 0 Å². The zero-order valence-corrected chi connectivity index (χ0v) is 13.1. The van der Waals surface area contributed by atoms with Gasteiger partial charge in [0.1, 0.15) is 12.4 Å². The standard InChI is InChI=1S/C16H19NO6/c1-12(2)9-10-22-15(18)7-4-8-16(19)23-14-6-3-5-13(11-14)17(20)21/h3,5-6,9,11H,4,7-8,10H2,1-2H3. The molecule has 1 rings (SSSR count). The van der Waals surface area contributed by atoms with E-state index in [4.69, 9.17) is 9.47 Å². The van der Waals surface area contributed by atoms with E-state index < -0.39 is 10.9 Å². The van der Waals surface area contributed by atoms with Gasteiger partial charge in [-0.2, -0.15) is 0 Å². The summed E-state index contributed by atoms with van der Waals surface area (Å²) in [6.07, 6.45) is 2.22. The summed E-state index contributed by atoms with van der Waals surface area (Å²) >= 11 is 0. The molecule has 0 bridgehead atoms. The number of carbonyl (C=O) groups excluding carboxylic acids is 2. The summed E-state index contributed by atoms with van der Waals surface area (Å²) in [7, 11) is 0. The average molecular weight is 321 g/mol. The highest BCUT2D eigenvalue weighted by molar-refractivity contribution is 5.74. The Morgan fingerprint density at radius 1 is 1.22 bits per heavy atom. The summed E-state index contributed by atoms with van der Waals surface area (Å²) in [5.41, 5.74) is 0.900. The lowest BCUT2D eigenvalue weighted by atomic mass is 10.2. The molecule has 0 atom stereocenters. The molecule has 0 amide bonds. The number of rotatable bonds is 8. The van der Waals surface area contributed by atoms with Crippen molar-refractivity contribution in [2.24, 2.45) is 0 Å². The number of nitrogens with zero attached hydrogens (tertiary/aromatic N) is 1. The number of ether oxygens (including phenoxy) is 2. The molecular formula is C16H19NO6. The molecular weight excluding hydrogens is 302 g/mol. The van der Waals surface area contributed by atoms with Gasteiger partial charge in [0.05, 0.1) is 11.0 Å². The van der Waals surface area contributed by atoms with Gasteiger partial charge in [0.25, 0.3) is 5.69 Å². The zero-order chi connectivity index (χ0) is 17.2. The molecule has 0 radical (unpaired) electrons. The van der Waals surface area contributed by atoms with Crippen LogP contribution in [0.25, 0.3) is 0 Å². The summed E-state index contributed by atoms with van der Waals surface area (Å²) < 4.78 is 9.95. The van der Waals surface area contributed by atoms with Crippen LogP contribution in [0.5, 0.6) is 5.75 Å². The first-order chi connectivity index (χ1) is 10.9. The normalized spacial score (nSPS) is 9.83. The van der Waals surface area contributed by atoms with Crippen LogP contribution in [-0.2, 0) is 14.3 Å². The van der Waals surface area contributed by atoms with Gasteiger partial charge in [-0.05, 0) is 32.4 Å². The Morgan fingerprint density at radius 2 is 1.91 bits per heavy atom. The van der Waals surface area contributed by atoms with E-state index in [1.165, 1.54) is 24.3 Å². The second-order valence-electron chi connectivity index (χ2n) is 5.05. The highest BCUT2D eigenvalue weighted by atomic mass is 16.6. The lowest BCUT2D eigenvalue weighted by molar-refractivity contribution is -0.384. The minimum absolute atomic E-state index is 0.0282. The number of nitro benzene ring substituents is 1. The van der Waals surface area contributed by atoms with Crippen molar-refractivity contribution in [3.8, 4) is 5.75 Å². The summed E-state index contributed by atoms with van der Waals surface area (Å²) in [5.74, 6) is -0.830. The molecule has 1 aromatic rings. The molecule has 0 spiro atoms. The van der Waals surface area contributed by atoms with E-state index >= 15 is 0 Å². The molecule has 0 aliphatic rings. The van der Waals surface area contributed by atoms with Gasteiger partial charge in [0.15, 0.2) is 0 Å². The van der Waals surface area contributed by atoms with Crippen molar-refractivity contribution < 1.29 is 24.0 Å². The second kappa shape index (κ2) is 9.34. The first-order valence-electron chi connectivity index (χ1n) is 7.12. The zero-order valence-electron chi connectivity index (χ0n) is 13.1. The van der Waals surface area contributed by atoms with Crippen LogP contribution in [0, 0.1) is 10.1 Å². The summed E-state index contributed by atoms with van der Waals surface area (Å²) in [6, 6.07) is 5.37. The maximum Gasteiger partial charge on any atom is 0.311 e. The Labute approximate surface area is 134 Å². The number of carbonyl (C=O) groups is 2. The Balaban J connectivity index is 2.32. The van der Waals surface area contributed by atoms with Crippen molar-refractivity contribution in [1.82, 2.24) is 0 Å². The van der Waals surface area contributed by atoms with E-state index in [1.807, 2.05) is 13.8 Å². The summed E-state index contributed by atoms with van der Waals surface area (Å²) in [6.45, 7) is 4.02. The van der Waals surface area contributed by atoms with Gasteiger partial charge in [-0.15, -0.1) is 0 Å². The molecule has 1 aromatic carbocycles. The Morgan fingerprint density at radius 3 is 2.57 bits per heavy atom. The van der Waals surface area contributed by atoms with Crippen LogP contribution < -0.4 is 4.74 Å². The molecule has 0 fully saturated rings. The minimum Gasteiger partial charge on any atom is -0.461 e. The maximum absolute atomic E-state index is 11.6. The highest BCUT2D eigenvalue weighted by Gasteiger charge is 2.11. The molecule has 0 saturated heterocycles. The number of benzene rings is 1. The quantitative estimate of drug-likeness (QED) is 0.240. The lowest BCUT2D eigenvalue weighted by Gasteiger charge is -2.04. The minimum atomic E-state index is -0.570. The monoisotopic (exact) mass is 321 g/mol. The fourth-order valence-corrected chi connectivity index (χ4v) is 1.59. The van der Waals surface area contributed by atoms with Crippen LogP contribution >= 0.6 is 0 Å². The third-order valence-corrected chi connectivity index (χ3v) is 2.76. The van der Waals surface area contributed by atoms with Crippen LogP contribution in [0.15, 0.2) is 35.9 Å². The first-order valence-corrected chi connectivity index (χ1v) is 7.12. The fraction of sp³-hybridized carbons (Fsp3) is 0.375. The molecule has 0 heterocycles. The number of allylic oxidation sites excluding steroid dienone is 1. The molecule has 7 heteroatoms. The average Bonchev–Trinajstić information content (AvgIpc) is 2.47. The van der Waals surface area contributed by atoms with Gasteiger partial charge in [0.2, 0.25) is 0 Å². The van der Waals surface area contributed by atoms with Crippen LogP contribution in [0.4, 0.5) is 5.69 Å². The third kappa shape index (κ3) is 7.75. The SMILES string of the molecule is CC(C)=CCOC(=O)CCCC(=O)Oc1cccc([N+](=O)[O-])c1. The smallest absolute Gasteiger partial charge is 0.311 e. The first kappa shape index (κ1) is 18.3. The van der Waals surface area contributed by atoms with Gasteiger partial charge in [0, 0.05) is 18.9 Å². The predicted octanol–water partition coefficient (Wildman–Crippen LogP) is 3.18. The number of non-ortho nitro benzene ring substituents is 1. The Hall–Kier alpha value is -2.70. The third-order valence-electron chi connectivity index (χ3n) is 2.76. The van der Waals surface area contributed by atoms with E-state index in [0.29, 0.717) is 6.42 Å². The van der Waals surface area contributed by atoms with Gasteiger partial charge < -0.3 is 9.47 Å². The molecule has 0 aliphatic carbocycles. The topological polar surface area (TPSA) is 95.7 Å². The largest absolute Gasteiger partial charge is 0.461 e. The van der Waals surface area contributed by atoms with E-state index in [-0.39, 0.29) is 36.9 Å². The van der Waals surface area contributed by atoms with Gasteiger partial charge in [-0.1, -0.05) is 11.6 Å². The van der Waals surface area contributed by atoms with Crippen molar-refractivity contribution in [3.63, 3.8) is 0 Å². The second-order valence-corrected chi connectivity index (χ2v) is 5.05. The molecule has 0 unspecified atom stereocenters. The molecule has 0 aliphatic heterocycles. The molecule has 0 N–H and O–H groups in total. The predicted molar refractivity (Wildman–Crippen MR) is 83.0 cm³/mol. The fourth-order valence-electron chi connectivity index (χ4n) is 1.59. The van der Waals surface area contributed by atoms with Gasteiger partial charge in [-0.3, -0.25) is 19.7 Å². The van der Waals surface area contributed by atoms with Crippen molar-refractivity contribution in [1.29, 1.82) is 0 Å². The Bertz CT molecular complexity index is 604. The number of hydrogen-bond donors (Lipinski definition) is 0. The molecule has 124 valence electrons. The van der Waals surface area contributed by atoms with Crippen LogP contribution in [0.3, 0.4) is 0 Å². The van der Waals surface area contributed by atoms with E-state index in [0.717, 1.165) is 5.57 Å². The number of esters is 2. The van der Waals surface area contributed by atoms with Gasteiger partial charge >= 0.3 is 11.9 Å². The maximum atomic E-state index is 11.6. The van der Waals surface area contributed by atoms with E-state index in [9.17, 15) is 19.7 Å². The molecule has 23 heavy (non-hydrogen) atoms.